The molecule has 4 fully saturated rings. The van der Waals surface area contributed by atoms with E-state index in [1.165, 1.54) is 56.0 Å². The fraction of sp³-hybridized carbons (Fsp3) is 0.697. The molecular weight excluding hydrogens is 503 g/mol. The maximum Gasteiger partial charge on any atom is 0.310 e. The van der Waals surface area contributed by atoms with E-state index < -0.39 is 11.4 Å². The number of halogens is 1. The highest BCUT2D eigenvalue weighted by Crippen LogP contribution is 2.60. The molecule has 4 heterocycles. The largest absolute Gasteiger partial charge is 0.481 e. The predicted molar refractivity (Wildman–Crippen MR) is 153 cm³/mol. The summed E-state index contributed by atoms with van der Waals surface area (Å²) in [5, 5.41) is 15.2. The van der Waals surface area contributed by atoms with E-state index in [4.69, 9.17) is 5.10 Å². The number of nitrogens with zero attached hydrogens (tertiary/aromatic N) is 4. The number of hydrogen-bond acceptors (Lipinski definition) is 4. The van der Waals surface area contributed by atoms with Crippen LogP contribution in [0.4, 0.5) is 4.39 Å². The number of benzene rings is 1. The first kappa shape index (κ1) is 26.6. The highest BCUT2D eigenvalue weighted by molar-refractivity contribution is 5.76. The van der Waals surface area contributed by atoms with Gasteiger partial charge in [0, 0.05) is 44.3 Å². The molecule has 1 N–H and O–H groups in total. The fourth-order valence-electron chi connectivity index (χ4n) is 9.12. The predicted octanol–water partition coefficient (Wildman–Crippen LogP) is 5.32. The van der Waals surface area contributed by atoms with Crippen LogP contribution in [0.1, 0.15) is 86.2 Å². The monoisotopic (exact) mass is 548 g/mol. The number of aromatic nitrogens is 2. The smallest absolute Gasteiger partial charge is 0.310 e. The quantitative estimate of drug-likeness (QED) is 0.484. The molecular formula is C33H45FN4O2. The number of fused-ring (bicyclic) bond motifs is 2. The van der Waals surface area contributed by atoms with E-state index >= 15 is 0 Å². The minimum atomic E-state index is -0.610. The van der Waals surface area contributed by atoms with E-state index in [0.29, 0.717) is 30.2 Å². The van der Waals surface area contributed by atoms with Gasteiger partial charge in [-0.3, -0.25) is 9.48 Å². The number of hydrogen-bond donors (Lipinski definition) is 1. The van der Waals surface area contributed by atoms with Crippen molar-refractivity contribution in [3.8, 4) is 0 Å². The van der Waals surface area contributed by atoms with Gasteiger partial charge in [-0.25, -0.2) is 4.39 Å². The van der Waals surface area contributed by atoms with Gasteiger partial charge in [0.1, 0.15) is 5.82 Å². The number of carbonyl (C=O) groups is 1. The lowest BCUT2D eigenvalue weighted by atomic mass is 9.82. The van der Waals surface area contributed by atoms with Gasteiger partial charge in [-0.15, -0.1) is 0 Å². The third kappa shape index (κ3) is 4.91. The minimum absolute atomic E-state index is 0.176. The Kier molecular flexibility index (Phi) is 7.02. The molecule has 2 saturated carbocycles. The van der Waals surface area contributed by atoms with E-state index in [0.717, 1.165) is 64.1 Å². The van der Waals surface area contributed by atoms with Crippen molar-refractivity contribution in [1.29, 1.82) is 0 Å². The van der Waals surface area contributed by atoms with Crippen LogP contribution in [0.5, 0.6) is 0 Å². The highest BCUT2D eigenvalue weighted by atomic mass is 19.1. The Morgan fingerprint density at radius 1 is 1.10 bits per heavy atom. The standard InChI is InChI=1S/C33H45FN4O2/c1-2-29-31(30-8-3-4-11-38(30)35-29)22-9-12-36(13-10-22)18-26-19-37(20-28(26)23-6-5-7-27(34)15-23)21-33(32(39)40)16-24-14-25(24)17-33/h5-7,15,22,24-26,28H,2-4,8-14,16-21H2,1H3,(H,39,40)/t24-,25-,26+,28-/m1/s1. The van der Waals surface area contributed by atoms with E-state index in [1.807, 2.05) is 6.07 Å². The van der Waals surface area contributed by atoms with Crippen molar-refractivity contribution in [1.82, 2.24) is 19.6 Å². The summed E-state index contributed by atoms with van der Waals surface area (Å²) in [7, 11) is 0. The minimum Gasteiger partial charge on any atom is -0.481 e. The lowest BCUT2D eigenvalue weighted by Crippen LogP contribution is -2.42. The number of piperidine rings is 1. The summed E-state index contributed by atoms with van der Waals surface area (Å²) in [5.74, 6) is 1.71. The Hall–Kier alpha value is -2.25. The van der Waals surface area contributed by atoms with E-state index in [9.17, 15) is 14.3 Å². The van der Waals surface area contributed by atoms with Crippen LogP contribution in [0, 0.1) is 29.0 Å². The van der Waals surface area contributed by atoms with Crippen LogP contribution in [0.3, 0.4) is 0 Å². The molecule has 1 aromatic carbocycles. The Bertz CT molecular complexity index is 1240. The molecule has 4 atom stereocenters. The van der Waals surface area contributed by atoms with Crippen LogP contribution in [0.15, 0.2) is 24.3 Å². The van der Waals surface area contributed by atoms with Gasteiger partial charge in [0.2, 0.25) is 0 Å². The van der Waals surface area contributed by atoms with Crippen LogP contribution < -0.4 is 0 Å². The molecule has 0 spiro atoms. The number of aryl methyl sites for hydroxylation is 2. The van der Waals surface area contributed by atoms with Crippen molar-refractivity contribution in [3.63, 3.8) is 0 Å². The maximum absolute atomic E-state index is 14.3. The average Bonchev–Trinajstić information content (AvgIpc) is 3.27. The summed E-state index contributed by atoms with van der Waals surface area (Å²) in [4.78, 5) is 17.5. The molecule has 2 aromatic rings. The van der Waals surface area contributed by atoms with Gasteiger partial charge >= 0.3 is 5.97 Å². The van der Waals surface area contributed by atoms with Crippen molar-refractivity contribution in [2.45, 2.75) is 83.1 Å². The van der Waals surface area contributed by atoms with Crippen molar-refractivity contribution >= 4 is 5.97 Å². The van der Waals surface area contributed by atoms with Gasteiger partial charge in [0.05, 0.1) is 11.1 Å². The summed E-state index contributed by atoms with van der Waals surface area (Å²) in [5.41, 5.74) is 4.89. The number of likely N-dealkylation sites (tertiary alicyclic amines) is 2. The molecule has 7 heteroatoms. The second-order valence-corrected chi connectivity index (χ2v) is 13.8. The van der Waals surface area contributed by atoms with Crippen LogP contribution >= 0.6 is 0 Å². The molecule has 7 rings (SSSR count). The van der Waals surface area contributed by atoms with Crippen LogP contribution in [-0.4, -0.2) is 69.9 Å². The van der Waals surface area contributed by atoms with E-state index in [1.54, 1.807) is 11.6 Å². The molecule has 2 aliphatic carbocycles. The lowest BCUT2D eigenvalue weighted by molar-refractivity contribution is -0.150. The Labute approximate surface area is 237 Å². The van der Waals surface area contributed by atoms with Crippen LogP contribution in [-0.2, 0) is 24.2 Å². The molecule has 0 radical (unpaired) electrons. The van der Waals surface area contributed by atoms with Crippen molar-refractivity contribution in [3.05, 3.63) is 52.6 Å². The van der Waals surface area contributed by atoms with E-state index in [2.05, 4.69) is 27.5 Å². The van der Waals surface area contributed by atoms with Gasteiger partial charge in [0.25, 0.3) is 0 Å². The molecule has 40 heavy (non-hydrogen) atoms. The molecule has 1 aromatic heterocycles. The van der Waals surface area contributed by atoms with Gasteiger partial charge in [-0.05, 0) is 118 Å². The molecule has 0 unspecified atom stereocenters. The first-order valence-electron chi connectivity index (χ1n) is 15.9. The maximum atomic E-state index is 14.3. The average molecular weight is 549 g/mol. The number of rotatable bonds is 8. The SMILES string of the molecule is CCc1nn2c(c1C1CCN(C[C@H]3CN(CC4(C(=O)O)C[C@H]5C[C@@H]5C4)C[C@@H]3c3cccc(F)c3)CC1)CCCC2. The van der Waals surface area contributed by atoms with Crippen molar-refractivity contribution in [2.24, 2.45) is 23.2 Å². The zero-order chi connectivity index (χ0) is 27.4. The van der Waals surface area contributed by atoms with Crippen molar-refractivity contribution < 1.29 is 14.3 Å². The summed E-state index contributed by atoms with van der Waals surface area (Å²) in [6, 6.07) is 7.14. The second-order valence-electron chi connectivity index (χ2n) is 13.8. The number of carboxylic acid groups (broad SMARTS) is 1. The Balaban J connectivity index is 1.05. The topological polar surface area (TPSA) is 61.6 Å². The third-order valence-electron chi connectivity index (χ3n) is 11.2. The van der Waals surface area contributed by atoms with E-state index in [-0.39, 0.29) is 11.7 Å². The van der Waals surface area contributed by atoms with Gasteiger partial charge < -0.3 is 14.9 Å². The normalized spacial score (nSPS) is 30.4. The summed E-state index contributed by atoms with van der Waals surface area (Å²) >= 11 is 0. The summed E-state index contributed by atoms with van der Waals surface area (Å²) in [6.07, 6.45) is 9.98. The van der Waals surface area contributed by atoms with Crippen LogP contribution in [0.2, 0.25) is 0 Å². The van der Waals surface area contributed by atoms with Crippen molar-refractivity contribution in [2.75, 3.05) is 39.3 Å². The zero-order valence-electron chi connectivity index (χ0n) is 24.0. The number of carboxylic acids is 1. The Morgan fingerprint density at radius 3 is 2.62 bits per heavy atom. The molecule has 6 nitrogen and oxygen atoms in total. The fourth-order valence-corrected chi connectivity index (χ4v) is 9.12. The first-order valence-corrected chi connectivity index (χ1v) is 15.9. The molecule has 0 bridgehead atoms. The Morgan fingerprint density at radius 2 is 1.90 bits per heavy atom. The van der Waals surface area contributed by atoms with Crippen LogP contribution in [0.25, 0.3) is 0 Å². The number of aliphatic carboxylic acids is 1. The molecule has 0 amide bonds. The lowest BCUT2D eigenvalue weighted by Gasteiger charge is -2.35. The molecule has 5 aliphatic rings. The van der Waals surface area contributed by atoms with Gasteiger partial charge in [-0.1, -0.05) is 19.1 Å². The van der Waals surface area contributed by atoms with Gasteiger partial charge in [-0.2, -0.15) is 5.10 Å². The molecule has 216 valence electrons. The highest BCUT2D eigenvalue weighted by Gasteiger charge is 2.58. The second kappa shape index (κ2) is 10.5. The van der Waals surface area contributed by atoms with Gasteiger partial charge in [0.15, 0.2) is 0 Å². The molecule has 2 saturated heterocycles. The molecule has 3 aliphatic heterocycles. The first-order chi connectivity index (χ1) is 19.4. The third-order valence-corrected chi connectivity index (χ3v) is 11.2. The summed E-state index contributed by atoms with van der Waals surface area (Å²) in [6.45, 7) is 8.88. The summed E-state index contributed by atoms with van der Waals surface area (Å²) < 4.78 is 16.6. The zero-order valence-corrected chi connectivity index (χ0v) is 24.0.